The van der Waals surface area contributed by atoms with E-state index in [2.05, 4.69) is 10.6 Å². The lowest BCUT2D eigenvalue weighted by molar-refractivity contribution is -0.116. The van der Waals surface area contributed by atoms with Crippen LogP contribution in [0.15, 0.2) is 42.5 Å². The van der Waals surface area contributed by atoms with E-state index < -0.39 is 0 Å². The second-order valence-electron chi connectivity index (χ2n) is 5.48. The van der Waals surface area contributed by atoms with E-state index in [9.17, 15) is 9.59 Å². The highest BCUT2D eigenvalue weighted by molar-refractivity contribution is 6.30. The first-order chi connectivity index (χ1) is 12.1. The molecule has 0 saturated heterocycles. The molecule has 2 aromatic rings. The van der Waals surface area contributed by atoms with Gasteiger partial charge in [-0.15, -0.1) is 0 Å². The first-order valence-corrected chi connectivity index (χ1v) is 8.23. The molecule has 1 heterocycles. The standard InChI is InChI=1S/C18H17ClN2O4/c19-13-4-6-14(7-5-13)21-17(22)2-1-9-20-18(23)12-3-8-15-16(10-12)25-11-24-15/h3-8,10H,1-2,9,11H2,(H,20,23)(H,21,22). The molecule has 0 radical (unpaired) electrons. The summed E-state index contributed by atoms with van der Waals surface area (Å²) in [6.45, 7) is 0.574. The van der Waals surface area contributed by atoms with Crippen molar-refractivity contribution in [3.63, 3.8) is 0 Å². The van der Waals surface area contributed by atoms with Gasteiger partial charge >= 0.3 is 0 Å². The molecule has 2 aromatic carbocycles. The lowest BCUT2D eigenvalue weighted by atomic mass is 10.2. The van der Waals surface area contributed by atoms with E-state index in [1.165, 1.54) is 0 Å². The molecular weight excluding hydrogens is 344 g/mol. The van der Waals surface area contributed by atoms with Gasteiger partial charge in [-0.2, -0.15) is 0 Å². The fourth-order valence-electron chi connectivity index (χ4n) is 2.35. The van der Waals surface area contributed by atoms with E-state index in [1.54, 1.807) is 42.5 Å². The predicted octanol–water partition coefficient (Wildman–Crippen LogP) is 3.22. The lowest BCUT2D eigenvalue weighted by Crippen LogP contribution is -2.25. The van der Waals surface area contributed by atoms with Crippen molar-refractivity contribution in [1.29, 1.82) is 0 Å². The zero-order chi connectivity index (χ0) is 17.6. The third-order valence-corrected chi connectivity index (χ3v) is 3.88. The second kappa shape index (κ2) is 7.90. The number of amides is 2. The Hall–Kier alpha value is -2.73. The fraction of sp³-hybridized carbons (Fsp3) is 0.222. The number of carbonyl (C=O) groups excluding carboxylic acids is 2. The molecule has 7 heteroatoms. The number of anilines is 1. The molecule has 0 aliphatic carbocycles. The van der Waals surface area contributed by atoms with Gasteiger partial charge in [0.1, 0.15) is 0 Å². The molecule has 130 valence electrons. The third-order valence-electron chi connectivity index (χ3n) is 3.63. The molecule has 0 atom stereocenters. The van der Waals surface area contributed by atoms with Crippen molar-refractivity contribution >= 4 is 29.1 Å². The summed E-state index contributed by atoms with van der Waals surface area (Å²) in [5.74, 6) is 0.876. The Morgan fingerprint density at radius 2 is 1.80 bits per heavy atom. The number of nitrogens with one attached hydrogen (secondary N) is 2. The SMILES string of the molecule is O=C(CCCNC(=O)c1ccc2c(c1)OCO2)Nc1ccc(Cl)cc1. The average molecular weight is 361 g/mol. The highest BCUT2D eigenvalue weighted by atomic mass is 35.5. The first-order valence-electron chi connectivity index (χ1n) is 7.85. The van der Waals surface area contributed by atoms with E-state index in [-0.39, 0.29) is 18.6 Å². The molecule has 0 saturated carbocycles. The lowest BCUT2D eigenvalue weighted by Gasteiger charge is -2.07. The number of fused-ring (bicyclic) bond motifs is 1. The molecule has 1 aliphatic heterocycles. The zero-order valence-corrected chi connectivity index (χ0v) is 14.1. The van der Waals surface area contributed by atoms with E-state index >= 15 is 0 Å². The Labute approximate surface area is 150 Å². The number of halogens is 1. The first kappa shape index (κ1) is 17.1. The minimum absolute atomic E-state index is 0.111. The van der Waals surface area contributed by atoms with Gasteiger partial charge in [0.05, 0.1) is 0 Å². The summed E-state index contributed by atoms with van der Waals surface area (Å²) in [7, 11) is 0. The molecule has 2 amide bonds. The number of hydrogen-bond donors (Lipinski definition) is 2. The Kier molecular flexibility index (Phi) is 5.40. The zero-order valence-electron chi connectivity index (χ0n) is 13.4. The van der Waals surface area contributed by atoms with E-state index in [0.717, 1.165) is 0 Å². The van der Waals surface area contributed by atoms with Crippen LogP contribution in [0.5, 0.6) is 11.5 Å². The van der Waals surface area contributed by atoms with Gasteiger partial charge in [0.25, 0.3) is 5.91 Å². The van der Waals surface area contributed by atoms with Crippen LogP contribution in [-0.4, -0.2) is 25.2 Å². The Bertz CT molecular complexity index is 777. The monoisotopic (exact) mass is 360 g/mol. The van der Waals surface area contributed by atoms with Crippen molar-refractivity contribution in [3.8, 4) is 11.5 Å². The van der Waals surface area contributed by atoms with Crippen LogP contribution >= 0.6 is 11.6 Å². The highest BCUT2D eigenvalue weighted by Crippen LogP contribution is 2.32. The van der Waals surface area contributed by atoms with Crippen molar-refractivity contribution in [2.24, 2.45) is 0 Å². The van der Waals surface area contributed by atoms with Gasteiger partial charge in [-0.05, 0) is 48.9 Å². The maximum Gasteiger partial charge on any atom is 0.251 e. The van der Waals surface area contributed by atoms with Gasteiger partial charge in [-0.3, -0.25) is 9.59 Å². The Balaban J connectivity index is 1.40. The number of hydrogen-bond acceptors (Lipinski definition) is 4. The van der Waals surface area contributed by atoms with Crippen LogP contribution in [0.2, 0.25) is 5.02 Å². The van der Waals surface area contributed by atoms with Gasteiger partial charge in [0.2, 0.25) is 12.7 Å². The van der Waals surface area contributed by atoms with Gasteiger partial charge < -0.3 is 20.1 Å². The summed E-state index contributed by atoms with van der Waals surface area (Å²) in [6.07, 6.45) is 0.847. The maximum atomic E-state index is 12.1. The molecule has 0 fully saturated rings. The van der Waals surface area contributed by atoms with Crippen LogP contribution in [0.4, 0.5) is 5.69 Å². The molecule has 0 aromatic heterocycles. The number of rotatable bonds is 6. The second-order valence-corrected chi connectivity index (χ2v) is 5.92. The van der Waals surface area contributed by atoms with Crippen LogP contribution in [0.1, 0.15) is 23.2 Å². The van der Waals surface area contributed by atoms with Crippen molar-refractivity contribution < 1.29 is 19.1 Å². The summed E-state index contributed by atoms with van der Waals surface area (Å²) in [5, 5.41) is 6.18. The molecule has 0 spiro atoms. The third kappa shape index (κ3) is 4.64. The molecule has 1 aliphatic rings. The van der Waals surface area contributed by atoms with E-state index in [0.29, 0.717) is 47.2 Å². The fourth-order valence-corrected chi connectivity index (χ4v) is 2.47. The summed E-state index contributed by atoms with van der Waals surface area (Å²) in [5.41, 5.74) is 1.19. The molecule has 0 bridgehead atoms. The quantitative estimate of drug-likeness (QED) is 0.775. The molecule has 3 rings (SSSR count). The molecule has 0 unspecified atom stereocenters. The average Bonchev–Trinajstić information content (AvgIpc) is 3.08. The maximum absolute atomic E-state index is 12.1. The molecule has 25 heavy (non-hydrogen) atoms. The molecule has 2 N–H and O–H groups in total. The molecule has 6 nitrogen and oxygen atoms in total. The van der Waals surface area contributed by atoms with Crippen LogP contribution in [0.25, 0.3) is 0 Å². The number of carbonyl (C=O) groups is 2. The smallest absolute Gasteiger partial charge is 0.251 e. The van der Waals surface area contributed by atoms with Crippen LogP contribution in [0.3, 0.4) is 0 Å². The summed E-state index contributed by atoms with van der Waals surface area (Å²) in [6, 6.07) is 11.9. The van der Waals surface area contributed by atoms with Crippen molar-refractivity contribution in [1.82, 2.24) is 5.32 Å². The summed E-state index contributed by atoms with van der Waals surface area (Å²) < 4.78 is 10.5. The number of benzene rings is 2. The van der Waals surface area contributed by atoms with Crippen LogP contribution in [-0.2, 0) is 4.79 Å². The van der Waals surface area contributed by atoms with Crippen LogP contribution in [0, 0.1) is 0 Å². The highest BCUT2D eigenvalue weighted by Gasteiger charge is 2.16. The molecular formula is C18H17ClN2O4. The van der Waals surface area contributed by atoms with Gasteiger partial charge in [-0.25, -0.2) is 0 Å². The Morgan fingerprint density at radius 1 is 1.04 bits per heavy atom. The van der Waals surface area contributed by atoms with Crippen LogP contribution < -0.4 is 20.1 Å². The largest absolute Gasteiger partial charge is 0.454 e. The van der Waals surface area contributed by atoms with Gasteiger partial charge in [0, 0.05) is 29.2 Å². The van der Waals surface area contributed by atoms with Gasteiger partial charge in [-0.1, -0.05) is 11.6 Å². The minimum Gasteiger partial charge on any atom is -0.454 e. The van der Waals surface area contributed by atoms with Crippen molar-refractivity contribution in [2.75, 3.05) is 18.7 Å². The van der Waals surface area contributed by atoms with Gasteiger partial charge in [0.15, 0.2) is 11.5 Å². The summed E-state index contributed by atoms with van der Waals surface area (Å²) in [4.78, 5) is 23.9. The number of ether oxygens (including phenoxy) is 2. The Morgan fingerprint density at radius 3 is 2.60 bits per heavy atom. The predicted molar refractivity (Wildman–Crippen MR) is 94.2 cm³/mol. The van der Waals surface area contributed by atoms with E-state index in [1.807, 2.05) is 0 Å². The normalized spacial score (nSPS) is 11.9. The minimum atomic E-state index is -0.212. The van der Waals surface area contributed by atoms with Crippen molar-refractivity contribution in [3.05, 3.63) is 53.1 Å². The van der Waals surface area contributed by atoms with E-state index in [4.69, 9.17) is 21.1 Å². The van der Waals surface area contributed by atoms with Crippen molar-refractivity contribution in [2.45, 2.75) is 12.8 Å². The topological polar surface area (TPSA) is 76.7 Å². The summed E-state index contributed by atoms with van der Waals surface area (Å²) >= 11 is 5.79.